The zero-order valence-electron chi connectivity index (χ0n) is 13.3. The maximum Gasteiger partial charge on any atom is 0.253 e. The molecule has 6 heteroatoms. The molecule has 25 heavy (non-hydrogen) atoms. The molecular formula is C19H16N4O2. The average Bonchev–Trinajstić information content (AvgIpc) is 2.69. The van der Waals surface area contributed by atoms with Crippen molar-refractivity contribution < 1.29 is 9.59 Å². The van der Waals surface area contributed by atoms with Crippen molar-refractivity contribution in [1.29, 1.82) is 0 Å². The summed E-state index contributed by atoms with van der Waals surface area (Å²) < 4.78 is 0. The van der Waals surface area contributed by atoms with Gasteiger partial charge in [-0.05, 0) is 18.2 Å². The Morgan fingerprint density at radius 3 is 1.92 bits per heavy atom. The van der Waals surface area contributed by atoms with Gasteiger partial charge in [0.2, 0.25) is 11.7 Å². The predicted octanol–water partition coefficient (Wildman–Crippen LogP) is 2.53. The topological polar surface area (TPSA) is 84.0 Å². The third-order valence-electron chi connectivity index (χ3n) is 3.47. The number of ketones is 1. The highest BCUT2D eigenvalue weighted by atomic mass is 16.2. The Bertz CT molecular complexity index is 839. The minimum Gasteiger partial charge on any atom is -0.327 e. The first-order chi connectivity index (χ1) is 12.2. The first kappa shape index (κ1) is 16.3. The van der Waals surface area contributed by atoms with Gasteiger partial charge in [0.25, 0.3) is 5.91 Å². The van der Waals surface area contributed by atoms with Crippen LogP contribution in [0.4, 0.5) is 5.95 Å². The summed E-state index contributed by atoms with van der Waals surface area (Å²) >= 11 is 0. The number of nitrogens with zero attached hydrogens (tertiary/aromatic N) is 2. The maximum atomic E-state index is 12.8. The highest BCUT2D eigenvalue weighted by Gasteiger charge is 2.23. The van der Waals surface area contributed by atoms with E-state index < -0.39 is 6.17 Å². The molecule has 0 fully saturated rings. The highest BCUT2D eigenvalue weighted by molar-refractivity contribution is 6.05. The van der Waals surface area contributed by atoms with E-state index in [2.05, 4.69) is 20.6 Å². The van der Waals surface area contributed by atoms with Crippen molar-refractivity contribution in [2.75, 3.05) is 5.32 Å². The number of carbonyl (C=O) groups is 2. The molecular weight excluding hydrogens is 316 g/mol. The molecule has 0 aliphatic carbocycles. The molecule has 124 valence electrons. The van der Waals surface area contributed by atoms with E-state index >= 15 is 0 Å². The summed E-state index contributed by atoms with van der Waals surface area (Å²) in [6, 6.07) is 19.1. The summed E-state index contributed by atoms with van der Waals surface area (Å²) in [6.45, 7) is 0. The molecule has 6 nitrogen and oxygen atoms in total. The van der Waals surface area contributed by atoms with E-state index in [1.165, 1.54) is 0 Å². The van der Waals surface area contributed by atoms with Crippen LogP contribution in [-0.4, -0.2) is 27.8 Å². The molecule has 0 saturated carbocycles. The van der Waals surface area contributed by atoms with Crippen molar-refractivity contribution in [3.05, 3.63) is 90.3 Å². The Balaban J connectivity index is 1.83. The number of hydrogen-bond donors (Lipinski definition) is 2. The van der Waals surface area contributed by atoms with Gasteiger partial charge in [-0.3, -0.25) is 9.59 Å². The number of aromatic nitrogens is 2. The minimum atomic E-state index is -0.988. The second-order valence-corrected chi connectivity index (χ2v) is 5.22. The number of amides is 1. The van der Waals surface area contributed by atoms with Crippen LogP contribution in [0.15, 0.2) is 79.1 Å². The van der Waals surface area contributed by atoms with Gasteiger partial charge in [-0.2, -0.15) is 0 Å². The van der Waals surface area contributed by atoms with E-state index in [1.807, 2.05) is 12.1 Å². The molecule has 0 aliphatic heterocycles. The molecule has 0 saturated heterocycles. The van der Waals surface area contributed by atoms with Crippen molar-refractivity contribution in [3.8, 4) is 0 Å². The fourth-order valence-corrected chi connectivity index (χ4v) is 2.24. The molecule has 3 aromatic rings. The van der Waals surface area contributed by atoms with Crippen LogP contribution in [0.25, 0.3) is 0 Å². The summed E-state index contributed by atoms with van der Waals surface area (Å²) in [5, 5.41) is 5.57. The zero-order valence-corrected chi connectivity index (χ0v) is 13.3. The Morgan fingerprint density at radius 2 is 1.32 bits per heavy atom. The van der Waals surface area contributed by atoms with Crippen molar-refractivity contribution in [1.82, 2.24) is 15.3 Å². The fraction of sp³-hybridized carbons (Fsp3) is 0.0526. The Kier molecular flexibility index (Phi) is 5.11. The van der Waals surface area contributed by atoms with Crippen LogP contribution in [0.3, 0.4) is 0 Å². The van der Waals surface area contributed by atoms with Crippen LogP contribution in [0.5, 0.6) is 0 Å². The zero-order chi connectivity index (χ0) is 17.5. The Morgan fingerprint density at radius 1 is 0.760 bits per heavy atom. The molecule has 1 atom stereocenters. The van der Waals surface area contributed by atoms with Gasteiger partial charge in [-0.15, -0.1) is 0 Å². The second kappa shape index (κ2) is 7.83. The first-order valence-corrected chi connectivity index (χ1v) is 7.73. The summed E-state index contributed by atoms with van der Waals surface area (Å²) in [7, 11) is 0. The number of nitrogens with one attached hydrogen (secondary N) is 2. The number of rotatable bonds is 6. The maximum absolute atomic E-state index is 12.8. The normalized spacial score (nSPS) is 11.4. The average molecular weight is 332 g/mol. The van der Waals surface area contributed by atoms with E-state index in [0.717, 1.165) is 0 Å². The largest absolute Gasteiger partial charge is 0.327 e. The van der Waals surface area contributed by atoms with Gasteiger partial charge in [0.15, 0.2) is 6.17 Å². The van der Waals surface area contributed by atoms with E-state index in [0.29, 0.717) is 11.1 Å². The molecule has 2 N–H and O–H groups in total. The Labute approximate surface area is 145 Å². The molecule has 0 bridgehead atoms. The van der Waals surface area contributed by atoms with Crippen LogP contribution < -0.4 is 10.6 Å². The summed E-state index contributed by atoms with van der Waals surface area (Å²) in [4.78, 5) is 33.3. The van der Waals surface area contributed by atoms with Crippen molar-refractivity contribution >= 4 is 17.6 Å². The third kappa shape index (κ3) is 4.26. The first-order valence-electron chi connectivity index (χ1n) is 7.73. The monoisotopic (exact) mass is 332 g/mol. The van der Waals surface area contributed by atoms with E-state index in [1.54, 1.807) is 67.0 Å². The Hall–Kier alpha value is -3.54. The van der Waals surface area contributed by atoms with Crippen LogP contribution in [0.2, 0.25) is 0 Å². The molecule has 1 heterocycles. The van der Waals surface area contributed by atoms with Crippen LogP contribution in [0.1, 0.15) is 20.7 Å². The van der Waals surface area contributed by atoms with Gasteiger partial charge in [0.1, 0.15) is 0 Å². The molecule has 0 aliphatic rings. The van der Waals surface area contributed by atoms with Crippen molar-refractivity contribution in [2.45, 2.75) is 6.17 Å². The van der Waals surface area contributed by atoms with E-state index in [9.17, 15) is 9.59 Å². The third-order valence-corrected chi connectivity index (χ3v) is 3.47. The van der Waals surface area contributed by atoms with E-state index in [-0.39, 0.29) is 17.6 Å². The number of hydrogen-bond acceptors (Lipinski definition) is 5. The minimum absolute atomic E-state index is 0.255. The number of benzene rings is 2. The lowest BCUT2D eigenvalue weighted by Crippen LogP contribution is -2.46. The standard InChI is InChI=1S/C19H16N4O2/c24-16(14-8-3-1-4-9-14)17(23-19-20-12-7-13-21-19)22-18(25)15-10-5-2-6-11-15/h1-13,17H,(H,22,25)(H,20,21,23)/t17-/m0/s1. The van der Waals surface area contributed by atoms with Crippen molar-refractivity contribution in [3.63, 3.8) is 0 Å². The lowest BCUT2D eigenvalue weighted by atomic mass is 10.1. The quantitative estimate of drug-likeness (QED) is 0.535. The molecule has 3 rings (SSSR count). The lowest BCUT2D eigenvalue weighted by Gasteiger charge is -2.19. The second-order valence-electron chi connectivity index (χ2n) is 5.22. The summed E-state index contributed by atoms with van der Waals surface area (Å²) in [6.07, 6.45) is 2.12. The SMILES string of the molecule is O=C(N[C@@H](Nc1ncccn1)C(=O)c1ccccc1)c1ccccc1. The van der Waals surface area contributed by atoms with Crippen LogP contribution in [0, 0.1) is 0 Å². The van der Waals surface area contributed by atoms with Gasteiger partial charge in [0, 0.05) is 23.5 Å². The predicted molar refractivity (Wildman–Crippen MR) is 94.1 cm³/mol. The van der Waals surface area contributed by atoms with Crippen LogP contribution in [-0.2, 0) is 0 Å². The molecule has 1 aromatic heterocycles. The van der Waals surface area contributed by atoms with Gasteiger partial charge in [-0.1, -0.05) is 48.5 Å². The van der Waals surface area contributed by atoms with E-state index in [4.69, 9.17) is 0 Å². The number of carbonyl (C=O) groups excluding carboxylic acids is 2. The number of Topliss-reactive ketones (excluding diaryl/α,β-unsaturated/α-hetero) is 1. The van der Waals surface area contributed by atoms with Crippen LogP contribution >= 0.6 is 0 Å². The molecule has 0 spiro atoms. The fourth-order valence-electron chi connectivity index (χ4n) is 2.24. The van der Waals surface area contributed by atoms with Gasteiger partial charge < -0.3 is 10.6 Å². The molecule has 2 aromatic carbocycles. The lowest BCUT2D eigenvalue weighted by molar-refractivity contribution is 0.0869. The summed E-state index contributed by atoms with van der Waals surface area (Å²) in [5.41, 5.74) is 0.938. The highest BCUT2D eigenvalue weighted by Crippen LogP contribution is 2.07. The molecule has 0 radical (unpaired) electrons. The van der Waals surface area contributed by atoms with Gasteiger partial charge in [0.05, 0.1) is 0 Å². The smallest absolute Gasteiger partial charge is 0.253 e. The number of anilines is 1. The summed E-state index contributed by atoms with van der Waals surface area (Å²) in [5.74, 6) is -0.388. The van der Waals surface area contributed by atoms with Gasteiger partial charge in [-0.25, -0.2) is 9.97 Å². The molecule has 1 amide bonds. The van der Waals surface area contributed by atoms with Gasteiger partial charge >= 0.3 is 0 Å². The molecule has 0 unspecified atom stereocenters. The van der Waals surface area contributed by atoms with Crippen molar-refractivity contribution in [2.24, 2.45) is 0 Å².